The third-order valence-electron chi connectivity index (χ3n) is 3.40. The Balaban J connectivity index is 2.06. The number of nitrogens with one attached hydrogen (secondary N) is 2. The van der Waals surface area contributed by atoms with Crippen molar-refractivity contribution >= 4 is 0 Å². The summed E-state index contributed by atoms with van der Waals surface area (Å²) in [5, 5.41) is 8.50. The van der Waals surface area contributed by atoms with E-state index in [2.05, 4.69) is 17.2 Å². The number of hydrogen-bond donors (Lipinski definition) is 2. The molecular weight excluding hydrogens is 230 g/mol. The number of hydrogen-bond acceptors (Lipinski definition) is 5. The maximum Gasteiger partial charge on any atom is 0.133 e. The van der Waals surface area contributed by atoms with E-state index in [-0.39, 0.29) is 6.10 Å². The molecule has 2 rings (SSSR count). The molecule has 1 saturated heterocycles. The predicted molar refractivity (Wildman–Crippen MR) is 70.5 cm³/mol. The molecule has 0 radical (unpaired) electrons. The van der Waals surface area contributed by atoms with Gasteiger partial charge in [-0.3, -0.25) is 4.84 Å². The summed E-state index contributed by atoms with van der Waals surface area (Å²) in [6.07, 6.45) is 3.38. The summed E-state index contributed by atoms with van der Waals surface area (Å²) in [7, 11) is 3.60. The second-order valence-electron chi connectivity index (χ2n) is 4.70. The highest BCUT2D eigenvalue weighted by molar-refractivity contribution is 5.29. The van der Waals surface area contributed by atoms with Crippen molar-refractivity contribution in [3.8, 4) is 0 Å². The first kappa shape index (κ1) is 13.2. The van der Waals surface area contributed by atoms with E-state index >= 15 is 0 Å². The van der Waals surface area contributed by atoms with Crippen molar-refractivity contribution < 1.29 is 9.57 Å². The molecule has 0 amide bonds. The van der Waals surface area contributed by atoms with Gasteiger partial charge in [-0.05, 0) is 25.8 Å². The lowest BCUT2D eigenvalue weighted by Crippen LogP contribution is -2.37. The third kappa shape index (κ3) is 2.97. The van der Waals surface area contributed by atoms with Crippen molar-refractivity contribution in [1.29, 1.82) is 0 Å². The van der Waals surface area contributed by atoms with E-state index in [9.17, 15) is 0 Å². The van der Waals surface area contributed by atoms with Gasteiger partial charge in [0.2, 0.25) is 0 Å². The smallest absolute Gasteiger partial charge is 0.133 e. The van der Waals surface area contributed by atoms with Gasteiger partial charge in [-0.1, -0.05) is 6.58 Å². The largest absolute Gasteiger partial charge is 0.497 e. The topological polar surface area (TPSA) is 45.8 Å². The van der Waals surface area contributed by atoms with E-state index in [1.54, 1.807) is 7.11 Å². The lowest BCUT2D eigenvalue weighted by atomic mass is 10.1. The number of ether oxygens (including phenoxy) is 1. The summed E-state index contributed by atoms with van der Waals surface area (Å²) in [6.45, 7) is 6.86. The van der Waals surface area contributed by atoms with E-state index in [4.69, 9.17) is 9.57 Å². The zero-order valence-electron chi connectivity index (χ0n) is 11.3. The van der Waals surface area contributed by atoms with E-state index < -0.39 is 0 Å². The zero-order valence-corrected chi connectivity index (χ0v) is 11.3. The number of methoxy groups -OCH3 is 1. The average molecular weight is 253 g/mol. The average Bonchev–Trinajstić information content (AvgIpc) is 2.90. The van der Waals surface area contributed by atoms with Crippen molar-refractivity contribution in [2.75, 3.05) is 33.8 Å². The molecule has 2 N–H and O–H groups in total. The van der Waals surface area contributed by atoms with Crippen molar-refractivity contribution in [2.45, 2.75) is 25.4 Å². The molecule has 0 unspecified atom stereocenters. The van der Waals surface area contributed by atoms with Crippen LogP contribution in [0.25, 0.3) is 0 Å². The summed E-state index contributed by atoms with van der Waals surface area (Å²) in [5.41, 5.74) is 1.11. The molecule has 2 aliphatic heterocycles. The minimum atomic E-state index is 0.253. The molecule has 0 spiro atoms. The van der Waals surface area contributed by atoms with Crippen molar-refractivity contribution in [2.24, 2.45) is 0 Å². The van der Waals surface area contributed by atoms with Crippen LogP contribution in [-0.2, 0) is 9.57 Å². The van der Waals surface area contributed by atoms with Gasteiger partial charge >= 0.3 is 0 Å². The molecule has 102 valence electrons. The Labute approximate surface area is 109 Å². The molecule has 0 bridgehead atoms. The molecule has 5 nitrogen and oxygen atoms in total. The highest BCUT2D eigenvalue weighted by Gasteiger charge is 2.23. The van der Waals surface area contributed by atoms with Gasteiger partial charge in [-0.2, -0.15) is 0 Å². The summed E-state index contributed by atoms with van der Waals surface area (Å²) < 4.78 is 5.25. The summed E-state index contributed by atoms with van der Waals surface area (Å²) in [4.78, 5) is 5.93. The van der Waals surface area contributed by atoms with Gasteiger partial charge in [0.15, 0.2) is 0 Å². The molecular formula is C13H23N3O2. The van der Waals surface area contributed by atoms with Crippen LogP contribution in [0.2, 0.25) is 0 Å². The van der Waals surface area contributed by atoms with Crippen LogP contribution in [0.1, 0.15) is 19.3 Å². The van der Waals surface area contributed by atoms with Crippen molar-refractivity contribution in [3.63, 3.8) is 0 Å². The lowest BCUT2D eigenvalue weighted by molar-refractivity contribution is -0.155. The molecule has 2 aliphatic rings. The molecule has 0 aromatic rings. The summed E-state index contributed by atoms with van der Waals surface area (Å²) >= 11 is 0. The van der Waals surface area contributed by atoms with Crippen LogP contribution in [0.5, 0.6) is 0 Å². The quantitative estimate of drug-likeness (QED) is 0.564. The van der Waals surface area contributed by atoms with Crippen LogP contribution >= 0.6 is 0 Å². The van der Waals surface area contributed by atoms with Gasteiger partial charge in [-0.25, -0.2) is 5.06 Å². The van der Waals surface area contributed by atoms with Gasteiger partial charge in [0.1, 0.15) is 11.6 Å². The zero-order chi connectivity index (χ0) is 13.0. The maximum absolute atomic E-state index is 5.93. The highest BCUT2D eigenvalue weighted by atomic mass is 16.7. The highest BCUT2D eigenvalue weighted by Crippen LogP contribution is 2.24. The Morgan fingerprint density at radius 1 is 1.44 bits per heavy atom. The van der Waals surface area contributed by atoms with Gasteiger partial charge in [-0.15, -0.1) is 0 Å². The monoisotopic (exact) mass is 253 g/mol. The molecule has 0 aromatic heterocycles. The van der Waals surface area contributed by atoms with Gasteiger partial charge in [0.25, 0.3) is 0 Å². The maximum atomic E-state index is 5.93. The first-order valence-electron chi connectivity index (χ1n) is 6.54. The number of nitrogens with zero attached hydrogens (tertiary/aromatic N) is 1. The Hall–Kier alpha value is -1.20. The van der Waals surface area contributed by atoms with Gasteiger partial charge in [0, 0.05) is 25.7 Å². The second kappa shape index (κ2) is 6.11. The lowest BCUT2D eigenvalue weighted by Gasteiger charge is -2.31. The molecule has 0 saturated carbocycles. The third-order valence-corrected chi connectivity index (χ3v) is 3.40. The van der Waals surface area contributed by atoms with Crippen LogP contribution in [0.15, 0.2) is 23.7 Å². The van der Waals surface area contributed by atoms with E-state index in [1.165, 1.54) is 0 Å². The fourth-order valence-electron chi connectivity index (χ4n) is 2.39. The standard InChI is InChI=1S/C13H23N3O2/c1-10(17-3)12-5-4-7-15-13(12)16(2)18-11-6-8-14-9-11/h11,14-15H,1,4-9H2,2-3H3/t11-/m1/s1. The molecule has 2 heterocycles. The van der Waals surface area contributed by atoms with Gasteiger partial charge in [0.05, 0.1) is 13.2 Å². The SMILES string of the molecule is C=C(OC)C1=C(N(C)O[C@@H]2CCNC2)NCCC1. The molecule has 1 atom stereocenters. The Kier molecular flexibility index (Phi) is 4.49. The van der Waals surface area contributed by atoms with Crippen LogP contribution in [0.4, 0.5) is 0 Å². The van der Waals surface area contributed by atoms with Crippen LogP contribution in [0, 0.1) is 0 Å². The summed E-state index contributed by atoms with van der Waals surface area (Å²) in [6, 6.07) is 0. The van der Waals surface area contributed by atoms with E-state index in [0.29, 0.717) is 0 Å². The van der Waals surface area contributed by atoms with Crippen molar-refractivity contribution in [1.82, 2.24) is 15.7 Å². The normalized spacial score (nSPS) is 23.8. The van der Waals surface area contributed by atoms with Gasteiger partial charge < -0.3 is 15.4 Å². The second-order valence-corrected chi connectivity index (χ2v) is 4.70. The molecule has 18 heavy (non-hydrogen) atoms. The van der Waals surface area contributed by atoms with Crippen LogP contribution < -0.4 is 10.6 Å². The Morgan fingerprint density at radius 3 is 2.94 bits per heavy atom. The van der Waals surface area contributed by atoms with E-state index in [1.807, 2.05) is 12.1 Å². The molecule has 0 aliphatic carbocycles. The first-order chi connectivity index (χ1) is 8.72. The summed E-state index contributed by atoms with van der Waals surface area (Å²) in [5.74, 6) is 1.71. The van der Waals surface area contributed by atoms with Crippen LogP contribution in [0.3, 0.4) is 0 Å². The fourth-order valence-corrected chi connectivity index (χ4v) is 2.39. The number of rotatable bonds is 5. The molecule has 0 aromatic carbocycles. The number of allylic oxidation sites excluding steroid dienone is 1. The minimum Gasteiger partial charge on any atom is -0.497 e. The predicted octanol–water partition coefficient (Wildman–Crippen LogP) is 0.967. The van der Waals surface area contributed by atoms with E-state index in [0.717, 1.165) is 56.0 Å². The minimum absolute atomic E-state index is 0.253. The first-order valence-corrected chi connectivity index (χ1v) is 6.54. The van der Waals surface area contributed by atoms with Crippen LogP contribution in [-0.4, -0.2) is 45.0 Å². The fraction of sp³-hybridized carbons (Fsp3) is 0.692. The Bertz CT molecular complexity index is 335. The molecule has 1 fully saturated rings. The van der Waals surface area contributed by atoms with Crippen molar-refractivity contribution in [3.05, 3.63) is 23.7 Å². The Morgan fingerprint density at radius 2 is 2.28 bits per heavy atom. The number of hydroxylamine groups is 2. The molecule has 5 heteroatoms.